The number of phenolic OH excluding ortho intramolecular Hbond substituents is 1. The van der Waals surface area contributed by atoms with E-state index in [0.29, 0.717) is 0 Å². The first-order chi connectivity index (χ1) is 9.10. The van der Waals surface area contributed by atoms with Crippen molar-refractivity contribution in [2.75, 3.05) is 5.32 Å². The van der Waals surface area contributed by atoms with Gasteiger partial charge in [-0.05, 0) is 39.0 Å². The van der Waals surface area contributed by atoms with Crippen LogP contribution in [0.3, 0.4) is 0 Å². The fourth-order valence-electron chi connectivity index (χ4n) is 1.38. The first kappa shape index (κ1) is 15.9. The summed E-state index contributed by atoms with van der Waals surface area (Å²) in [5.74, 6) is -1.85. The number of aromatic hydroxyl groups is 1. The molecule has 0 heterocycles. The third-order valence-electron chi connectivity index (χ3n) is 2.10. The number of halogens is 2. The van der Waals surface area contributed by atoms with E-state index >= 15 is 0 Å². The molecule has 5 nitrogen and oxygen atoms in total. The Morgan fingerprint density at radius 1 is 1.30 bits per heavy atom. The van der Waals surface area contributed by atoms with Crippen LogP contribution in [0.15, 0.2) is 18.2 Å². The maximum Gasteiger partial charge on any atom is 0.412 e. The fraction of sp³-hybridized carbons (Fsp3) is 0.385. The van der Waals surface area contributed by atoms with Gasteiger partial charge >= 0.3 is 12.5 Å². The predicted molar refractivity (Wildman–Crippen MR) is 68.3 cm³/mol. The second-order valence-electron chi connectivity index (χ2n) is 5.02. The van der Waals surface area contributed by atoms with Crippen molar-refractivity contribution in [1.82, 2.24) is 0 Å². The molecular weight excluding hydrogens is 272 g/mol. The van der Waals surface area contributed by atoms with Crippen molar-refractivity contribution < 1.29 is 28.2 Å². The molecular formula is C13H15F2NO4. The number of alkyl halides is 2. The van der Waals surface area contributed by atoms with Crippen molar-refractivity contribution >= 4 is 17.6 Å². The summed E-state index contributed by atoms with van der Waals surface area (Å²) >= 11 is 0. The Morgan fingerprint density at radius 2 is 1.90 bits per heavy atom. The van der Waals surface area contributed by atoms with Crippen LogP contribution in [0.2, 0.25) is 0 Å². The molecule has 0 fully saturated rings. The van der Waals surface area contributed by atoms with Crippen molar-refractivity contribution in [2.24, 2.45) is 0 Å². The van der Waals surface area contributed by atoms with Crippen LogP contribution in [0.25, 0.3) is 0 Å². The molecule has 0 aliphatic carbocycles. The van der Waals surface area contributed by atoms with E-state index in [4.69, 9.17) is 4.74 Å². The van der Waals surface area contributed by atoms with Crippen molar-refractivity contribution in [1.29, 1.82) is 0 Å². The van der Waals surface area contributed by atoms with E-state index in [1.54, 1.807) is 20.8 Å². The highest BCUT2D eigenvalue weighted by Gasteiger charge is 2.24. The van der Waals surface area contributed by atoms with Crippen molar-refractivity contribution in [3.63, 3.8) is 0 Å². The Balaban J connectivity index is 3.01. The molecule has 1 aromatic rings. The van der Waals surface area contributed by atoms with Crippen LogP contribution in [0.4, 0.5) is 19.3 Å². The monoisotopic (exact) mass is 287 g/mol. The highest BCUT2D eigenvalue weighted by atomic mass is 19.3. The lowest BCUT2D eigenvalue weighted by Gasteiger charge is -2.20. The van der Waals surface area contributed by atoms with E-state index < -0.39 is 29.5 Å². The number of ketones is 1. The largest absolute Gasteiger partial charge is 0.508 e. The number of rotatable bonds is 3. The minimum atomic E-state index is -3.24. The lowest BCUT2D eigenvalue weighted by molar-refractivity contribution is 0.0635. The molecule has 20 heavy (non-hydrogen) atoms. The number of Topliss-reactive ketones (excluding diaryl/α,β-unsaturated/α-hetero) is 1. The molecule has 0 saturated heterocycles. The number of nitrogens with one attached hydrogen (secondary N) is 1. The Morgan fingerprint density at radius 3 is 2.40 bits per heavy atom. The SMILES string of the molecule is CC(C)(C)OC(=O)Nc1ccc(O)cc1C(=O)C(F)F. The zero-order valence-electron chi connectivity index (χ0n) is 11.2. The summed E-state index contributed by atoms with van der Waals surface area (Å²) < 4.78 is 29.9. The Kier molecular flexibility index (Phi) is 4.65. The van der Waals surface area contributed by atoms with Gasteiger partial charge in [0.15, 0.2) is 0 Å². The van der Waals surface area contributed by atoms with E-state index in [0.717, 1.165) is 18.2 Å². The second kappa shape index (κ2) is 5.85. The molecule has 1 rings (SSSR count). The van der Waals surface area contributed by atoms with Gasteiger partial charge in [0.1, 0.15) is 11.4 Å². The number of anilines is 1. The Bertz CT molecular complexity index is 524. The number of carbonyl (C=O) groups excluding carboxylic acids is 2. The average Bonchev–Trinajstić information content (AvgIpc) is 2.27. The maximum absolute atomic E-state index is 12.5. The molecule has 1 amide bonds. The molecule has 0 unspecified atom stereocenters. The highest BCUT2D eigenvalue weighted by molar-refractivity contribution is 6.05. The van der Waals surface area contributed by atoms with Gasteiger partial charge in [-0.15, -0.1) is 0 Å². The van der Waals surface area contributed by atoms with Gasteiger partial charge in [-0.3, -0.25) is 10.1 Å². The molecule has 0 aliphatic rings. The summed E-state index contributed by atoms with van der Waals surface area (Å²) in [5.41, 5.74) is -1.40. The number of amides is 1. The lowest BCUT2D eigenvalue weighted by atomic mass is 10.1. The van der Waals surface area contributed by atoms with Gasteiger partial charge in [-0.25, -0.2) is 13.6 Å². The summed E-state index contributed by atoms with van der Waals surface area (Å²) in [7, 11) is 0. The van der Waals surface area contributed by atoms with Crippen LogP contribution in [0, 0.1) is 0 Å². The Hall–Kier alpha value is -2.18. The minimum absolute atomic E-state index is 0.151. The normalized spacial score (nSPS) is 11.3. The average molecular weight is 287 g/mol. The minimum Gasteiger partial charge on any atom is -0.508 e. The zero-order valence-corrected chi connectivity index (χ0v) is 11.2. The standard InChI is InChI=1S/C13H15F2NO4/c1-13(2,3)20-12(19)16-9-5-4-7(17)6-8(9)10(18)11(14)15/h4-6,11,17H,1-3H3,(H,16,19). The predicted octanol–water partition coefficient (Wildman–Crippen LogP) is 3.19. The van der Waals surface area contributed by atoms with Crippen molar-refractivity contribution in [2.45, 2.75) is 32.8 Å². The number of ether oxygens (including phenoxy) is 1. The smallest absolute Gasteiger partial charge is 0.412 e. The number of benzene rings is 1. The van der Waals surface area contributed by atoms with Crippen molar-refractivity contribution in [3.05, 3.63) is 23.8 Å². The fourth-order valence-corrected chi connectivity index (χ4v) is 1.38. The van der Waals surface area contributed by atoms with Gasteiger partial charge in [0.05, 0.1) is 11.3 Å². The van der Waals surface area contributed by atoms with E-state index in [1.165, 1.54) is 0 Å². The van der Waals surface area contributed by atoms with Gasteiger partial charge < -0.3 is 9.84 Å². The molecule has 0 bridgehead atoms. The molecule has 2 N–H and O–H groups in total. The van der Waals surface area contributed by atoms with Gasteiger partial charge in [0, 0.05) is 0 Å². The summed E-state index contributed by atoms with van der Waals surface area (Å²) in [6, 6.07) is 3.17. The quantitative estimate of drug-likeness (QED) is 0.661. The van der Waals surface area contributed by atoms with Gasteiger partial charge in [-0.1, -0.05) is 0 Å². The molecule has 0 spiro atoms. The summed E-state index contributed by atoms with van der Waals surface area (Å²) in [6.45, 7) is 4.90. The van der Waals surface area contributed by atoms with Gasteiger partial charge in [0.2, 0.25) is 5.78 Å². The molecule has 0 saturated carbocycles. The topological polar surface area (TPSA) is 75.6 Å². The van der Waals surface area contributed by atoms with Crippen LogP contribution >= 0.6 is 0 Å². The molecule has 7 heteroatoms. The van der Waals surface area contributed by atoms with Crippen molar-refractivity contribution in [3.8, 4) is 5.75 Å². The Labute approximate surface area is 114 Å². The van der Waals surface area contributed by atoms with E-state index in [2.05, 4.69) is 5.32 Å². The van der Waals surface area contributed by atoms with Crippen LogP contribution in [0.5, 0.6) is 5.75 Å². The third-order valence-corrected chi connectivity index (χ3v) is 2.10. The highest BCUT2D eigenvalue weighted by Crippen LogP contribution is 2.24. The second-order valence-corrected chi connectivity index (χ2v) is 5.02. The number of phenols is 1. The summed E-state index contributed by atoms with van der Waals surface area (Å²) in [5, 5.41) is 11.5. The first-order valence-corrected chi connectivity index (χ1v) is 5.75. The molecule has 0 atom stereocenters. The van der Waals surface area contributed by atoms with Crippen LogP contribution in [-0.4, -0.2) is 29.0 Å². The van der Waals surface area contributed by atoms with E-state index in [1.807, 2.05) is 0 Å². The van der Waals surface area contributed by atoms with Crippen LogP contribution in [-0.2, 0) is 4.74 Å². The number of hydrogen-bond acceptors (Lipinski definition) is 4. The number of hydrogen-bond donors (Lipinski definition) is 2. The zero-order chi connectivity index (χ0) is 15.5. The molecule has 0 aromatic heterocycles. The molecule has 110 valence electrons. The molecule has 1 aromatic carbocycles. The van der Waals surface area contributed by atoms with Gasteiger partial charge in [0.25, 0.3) is 0 Å². The van der Waals surface area contributed by atoms with Crippen LogP contribution < -0.4 is 5.32 Å². The number of carbonyl (C=O) groups is 2. The summed E-state index contributed by atoms with van der Waals surface area (Å²) in [4.78, 5) is 22.9. The molecule has 0 radical (unpaired) electrons. The maximum atomic E-state index is 12.5. The first-order valence-electron chi connectivity index (χ1n) is 5.75. The lowest BCUT2D eigenvalue weighted by Crippen LogP contribution is -2.28. The van der Waals surface area contributed by atoms with Gasteiger partial charge in [-0.2, -0.15) is 0 Å². The van der Waals surface area contributed by atoms with E-state index in [-0.39, 0.29) is 11.4 Å². The van der Waals surface area contributed by atoms with E-state index in [9.17, 15) is 23.5 Å². The van der Waals surface area contributed by atoms with Crippen LogP contribution in [0.1, 0.15) is 31.1 Å². The summed E-state index contributed by atoms with van der Waals surface area (Å²) in [6.07, 6.45) is -4.12. The molecule has 0 aliphatic heterocycles. The third kappa shape index (κ3) is 4.49.